The van der Waals surface area contributed by atoms with Gasteiger partial charge in [0, 0.05) is 10.9 Å². The predicted octanol–water partition coefficient (Wildman–Crippen LogP) is -0.219. The average molecular weight is 348 g/mol. The third-order valence-electron chi connectivity index (χ3n) is 4.03. The van der Waals surface area contributed by atoms with Gasteiger partial charge in [0.1, 0.15) is 12.2 Å². The van der Waals surface area contributed by atoms with Crippen molar-refractivity contribution < 1.29 is 28.7 Å². The van der Waals surface area contributed by atoms with Gasteiger partial charge in [-0.15, -0.1) is 0 Å². The summed E-state index contributed by atoms with van der Waals surface area (Å²) in [6.45, 7) is 1.97. The summed E-state index contributed by atoms with van der Waals surface area (Å²) < 4.78 is 15.6. The number of quaternary nitrogens is 1. The minimum absolute atomic E-state index is 0.203. The van der Waals surface area contributed by atoms with Crippen LogP contribution in [-0.4, -0.2) is 63.6 Å². The van der Waals surface area contributed by atoms with E-state index in [4.69, 9.17) is 14.2 Å². The van der Waals surface area contributed by atoms with Gasteiger partial charge in [0.15, 0.2) is 6.54 Å². The Balaban J connectivity index is 1.72. The number of fused-ring (bicyclic) bond motifs is 1. The second kappa shape index (κ2) is 7.64. The van der Waals surface area contributed by atoms with Gasteiger partial charge < -0.3 is 29.4 Å². The highest BCUT2D eigenvalue weighted by Crippen LogP contribution is 2.28. The molecule has 134 valence electrons. The molecule has 3 N–H and O–H groups in total. The summed E-state index contributed by atoms with van der Waals surface area (Å²) in [5.41, 5.74) is 1.43. The first kappa shape index (κ1) is 17.4. The summed E-state index contributed by atoms with van der Waals surface area (Å²) in [6, 6.07) is 7.37. The molecule has 1 atom stereocenters. The fourth-order valence-electron chi connectivity index (χ4n) is 2.87. The van der Waals surface area contributed by atoms with E-state index in [1.807, 2.05) is 31.3 Å². The highest BCUT2D eigenvalue weighted by atomic mass is 16.7. The number of benzene rings is 1. The van der Waals surface area contributed by atoms with Gasteiger partial charge in [-0.25, -0.2) is 4.79 Å². The summed E-state index contributed by atoms with van der Waals surface area (Å²) in [7, 11) is 3.19. The lowest BCUT2D eigenvalue weighted by atomic mass is 10.2. The molecule has 1 aromatic heterocycles. The molecule has 25 heavy (non-hydrogen) atoms. The van der Waals surface area contributed by atoms with Gasteiger partial charge in [-0.05, 0) is 6.07 Å². The van der Waals surface area contributed by atoms with Crippen molar-refractivity contribution in [2.45, 2.75) is 6.29 Å². The van der Waals surface area contributed by atoms with Crippen LogP contribution >= 0.6 is 0 Å². The van der Waals surface area contributed by atoms with Crippen LogP contribution in [0.5, 0.6) is 0 Å². The average Bonchev–Trinajstić information content (AvgIpc) is 3.22. The Morgan fingerprint density at radius 3 is 2.76 bits per heavy atom. The number of esters is 1. The van der Waals surface area contributed by atoms with Crippen molar-refractivity contribution in [2.24, 2.45) is 0 Å². The molecule has 0 bridgehead atoms. The molecule has 8 nitrogen and oxygen atoms in total. The van der Waals surface area contributed by atoms with Gasteiger partial charge in [-0.3, -0.25) is 4.79 Å². The molecule has 8 heteroatoms. The molecule has 1 aromatic carbocycles. The zero-order valence-electron chi connectivity index (χ0n) is 14.3. The number of nitrogens with one attached hydrogen (secondary N) is 3. The van der Waals surface area contributed by atoms with Gasteiger partial charge in [0.2, 0.25) is 6.29 Å². The van der Waals surface area contributed by atoms with Crippen LogP contribution in [0.3, 0.4) is 0 Å². The van der Waals surface area contributed by atoms with Gasteiger partial charge in [-0.2, -0.15) is 0 Å². The lowest BCUT2D eigenvalue weighted by Gasteiger charge is -2.17. The normalized spacial score (nSPS) is 16.1. The Bertz CT molecular complexity index is 767. The zero-order chi connectivity index (χ0) is 17.8. The Morgan fingerprint density at radius 2 is 2.04 bits per heavy atom. The number of aromatic amines is 1. The van der Waals surface area contributed by atoms with Gasteiger partial charge in [0.25, 0.3) is 5.91 Å². The first-order valence-electron chi connectivity index (χ1n) is 8.12. The Labute approximate surface area is 145 Å². The number of amides is 1. The van der Waals surface area contributed by atoms with Crippen molar-refractivity contribution in [3.63, 3.8) is 0 Å². The third-order valence-corrected chi connectivity index (χ3v) is 4.03. The fourth-order valence-corrected chi connectivity index (χ4v) is 2.87. The smallest absolute Gasteiger partial charge is 0.356 e. The maximum absolute atomic E-state index is 12.4. The van der Waals surface area contributed by atoms with E-state index in [2.05, 4.69) is 10.3 Å². The van der Waals surface area contributed by atoms with Crippen LogP contribution in [0.4, 0.5) is 5.69 Å². The monoisotopic (exact) mass is 348 g/mol. The third kappa shape index (κ3) is 3.98. The standard InChI is InChI=1S/C17H21N3O5/c1-20(10-14-24-7-8-25-14)9-13(21)19-15-11-5-3-4-6-12(11)18-16(15)17(22)23-2/h3-6,14,18H,7-10H2,1-2H3,(H,19,21)/p+1. The molecule has 1 unspecified atom stereocenters. The molecule has 0 spiro atoms. The molecule has 1 aliphatic rings. The number of rotatable bonds is 6. The van der Waals surface area contributed by atoms with Crippen LogP contribution in [0.15, 0.2) is 24.3 Å². The van der Waals surface area contributed by atoms with Gasteiger partial charge in [-0.1, -0.05) is 18.2 Å². The van der Waals surface area contributed by atoms with Crippen LogP contribution in [0.2, 0.25) is 0 Å². The van der Waals surface area contributed by atoms with Crippen molar-refractivity contribution in [1.82, 2.24) is 4.98 Å². The number of carbonyl (C=O) groups excluding carboxylic acids is 2. The summed E-state index contributed by atoms with van der Waals surface area (Å²) in [6.07, 6.45) is -0.272. The summed E-state index contributed by atoms with van der Waals surface area (Å²) in [4.78, 5) is 28.4. The number of aromatic nitrogens is 1. The fraction of sp³-hybridized carbons (Fsp3) is 0.412. The summed E-state index contributed by atoms with van der Waals surface area (Å²) in [5, 5.41) is 3.59. The van der Waals surface area contributed by atoms with Gasteiger partial charge in [0.05, 0.1) is 33.1 Å². The number of H-pyrrole nitrogens is 1. The van der Waals surface area contributed by atoms with E-state index < -0.39 is 5.97 Å². The highest BCUT2D eigenvalue weighted by molar-refractivity contribution is 6.11. The van der Waals surface area contributed by atoms with Crippen molar-refractivity contribution >= 4 is 28.5 Å². The van der Waals surface area contributed by atoms with Gasteiger partial charge >= 0.3 is 5.97 Å². The van der Waals surface area contributed by atoms with E-state index in [1.54, 1.807) is 0 Å². The van der Waals surface area contributed by atoms with Crippen molar-refractivity contribution in [3.05, 3.63) is 30.0 Å². The molecule has 0 radical (unpaired) electrons. The largest absolute Gasteiger partial charge is 0.464 e. The molecule has 1 saturated heterocycles. The van der Waals surface area contributed by atoms with E-state index in [0.717, 1.165) is 15.8 Å². The number of hydrogen-bond acceptors (Lipinski definition) is 5. The Kier molecular flexibility index (Phi) is 5.32. The van der Waals surface area contributed by atoms with Crippen molar-refractivity contribution in [2.75, 3.05) is 45.8 Å². The minimum atomic E-state index is -0.528. The van der Waals surface area contributed by atoms with Crippen LogP contribution in [0, 0.1) is 0 Å². The first-order chi connectivity index (χ1) is 12.1. The van der Waals surface area contributed by atoms with E-state index in [-0.39, 0.29) is 24.4 Å². The van der Waals surface area contributed by atoms with E-state index in [0.29, 0.717) is 25.4 Å². The van der Waals surface area contributed by atoms with Crippen LogP contribution in [0.25, 0.3) is 10.9 Å². The summed E-state index contributed by atoms with van der Waals surface area (Å²) >= 11 is 0. The molecule has 3 rings (SSSR count). The molecule has 2 heterocycles. The highest BCUT2D eigenvalue weighted by Gasteiger charge is 2.24. The van der Waals surface area contributed by atoms with E-state index >= 15 is 0 Å². The maximum atomic E-state index is 12.4. The molecule has 1 aliphatic heterocycles. The maximum Gasteiger partial charge on any atom is 0.356 e. The Morgan fingerprint density at radius 1 is 1.32 bits per heavy atom. The molecular formula is C17H22N3O5+. The second-order valence-corrected chi connectivity index (χ2v) is 5.97. The molecule has 2 aromatic rings. The number of hydrogen-bond donors (Lipinski definition) is 3. The first-order valence-corrected chi connectivity index (χ1v) is 8.12. The SMILES string of the molecule is COC(=O)c1[nH]c2ccccc2c1NC(=O)C[NH+](C)CC1OCCO1. The number of anilines is 1. The van der Waals surface area contributed by atoms with Crippen LogP contribution < -0.4 is 10.2 Å². The zero-order valence-corrected chi connectivity index (χ0v) is 14.3. The number of para-hydroxylation sites is 1. The Hall–Kier alpha value is -2.42. The quantitative estimate of drug-likeness (QED) is 0.628. The number of likely N-dealkylation sites (N-methyl/N-ethyl adjacent to an activating group) is 1. The number of ether oxygens (including phenoxy) is 3. The summed E-state index contributed by atoms with van der Waals surface area (Å²) in [5.74, 6) is -0.731. The second-order valence-electron chi connectivity index (χ2n) is 5.97. The van der Waals surface area contributed by atoms with Crippen molar-refractivity contribution in [3.8, 4) is 0 Å². The topological polar surface area (TPSA) is 94.1 Å². The number of methoxy groups -OCH3 is 1. The number of carbonyl (C=O) groups is 2. The van der Waals surface area contributed by atoms with Crippen LogP contribution in [-0.2, 0) is 19.0 Å². The lowest BCUT2D eigenvalue weighted by Crippen LogP contribution is -3.11. The van der Waals surface area contributed by atoms with Crippen molar-refractivity contribution in [1.29, 1.82) is 0 Å². The predicted molar refractivity (Wildman–Crippen MR) is 90.6 cm³/mol. The molecule has 1 amide bonds. The molecular weight excluding hydrogens is 326 g/mol. The van der Waals surface area contributed by atoms with Crippen LogP contribution in [0.1, 0.15) is 10.5 Å². The lowest BCUT2D eigenvalue weighted by molar-refractivity contribution is -0.877. The molecule has 1 fully saturated rings. The van der Waals surface area contributed by atoms with E-state index in [9.17, 15) is 9.59 Å². The molecule has 0 saturated carbocycles. The van der Waals surface area contributed by atoms with E-state index in [1.165, 1.54) is 7.11 Å². The molecule has 0 aliphatic carbocycles. The minimum Gasteiger partial charge on any atom is -0.464 e.